The Hall–Kier alpha value is -1.85. The third-order valence-corrected chi connectivity index (χ3v) is 2.28. The van der Waals surface area contributed by atoms with E-state index < -0.39 is 24.0 Å². The van der Waals surface area contributed by atoms with Gasteiger partial charge in [0.2, 0.25) is 0 Å². The summed E-state index contributed by atoms with van der Waals surface area (Å²) in [5, 5.41) is 0. The first-order chi connectivity index (χ1) is 9.33. The van der Waals surface area contributed by atoms with Crippen LogP contribution < -0.4 is 0 Å². The fourth-order valence-corrected chi connectivity index (χ4v) is 1.52. The van der Waals surface area contributed by atoms with Crippen LogP contribution in [0, 0.1) is 5.92 Å². The maximum atomic E-state index is 11.9. The minimum Gasteiger partial charge on any atom is -0.463 e. The van der Waals surface area contributed by atoms with E-state index in [4.69, 9.17) is 14.2 Å². The molecule has 0 saturated carbocycles. The monoisotopic (exact) mass is 286 g/mol. The Labute approximate surface area is 119 Å². The molecular formula is C14H22O6. The van der Waals surface area contributed by atoms with Crippen LogP contribution in [0.25, 0.3) is 0 Å². The smallest absolute Gasteiger partial charge is 0.338 e. The molecule has 0 bridgehead atoms. The van der Waals surface area contributed by atoms with Crippen LogP contribution in [0.2, 0.25) is 0 Å². The molecule has 0 amide bonds. The molecular weight excluding hydrogens is 264 g/mol. The van der Waals surface area contributed by atoms with Crippen LogP contribution in [0.15, 0.2) is 11.6 Å². The van der Waals surface area contributed by atoms with Gasteiger partial charge in [-0.2, -0.15) is 0 Å². The van der Waals surface area contributed by atoms with Crippen molar-refractivity contribution >= 4 is 17.9 Å². The molecule has 0 aliphatic heterocycles. The molecule has 0 aromatic rings. The highest BCUT2D eigenvalue weighted by Gasteiger charge is 2.29. The van der Waals surface area contributed by atoms with E-state index in [1.807, 2.05) is 0 Å². The lowest BCUT2D eigenvalue weighted by Crippen LogP contribution is -2.30. The van der Waals surface area contributed by atoms with Crippen molar-refractivity contribution in [2.24, 2.45) is 5.92 Å². The molecule has 0 spiro atoms. The number of esters is 3. The van der Waals surface area contributed by atoms with Crippen molar-refractivity contribution in [3.05, 3.63) is 11.6 Å². The largest absolute Gasteiger partial charge is 0.463 e. The van der Waals surface area contributed by atoms with Gasteiger partial charge in [0, 0.05) is 13.0 Å². The Morgan fingerprint density at radius 1 is 1.05 bits per heavy atom. The van der Waals surface area contributed by atoms with Crippen molar-refractivity contribution in [3.63, 3.8) is 0 Å². The Balaban J connectivity index is 5.39. The van der Waals surface area contributed by atoms with Crippen molar-refractivity contribution in [2.75, 3.05) is 13.2 Å². The third kappa shape index (κ3) is 6.36. The summed E-state index contributed by atoms with van der Waals surface area (Å²) in [5.74, 6) is -2.10. The third-order valence-electron chi connectivity index (χ3n) is 2.28. The molecule has 0 aliphatic carbocycles. The van der Waals surface area contributed by atoms with E-state index in [9.17, 15) is 14.4 Å². The molecule has 0 heterocycles. The second-order valence-corrected chi connectivity index (χ2v) is 4.35. The fourth-order valence-electron chi connectivity index (χ4n) is 1.52. The lowest BCUT2D eigenvalue weighted by Gasteiger charge is -2.22. The van der Waals surface area contributed by atoms with Crippen molar-refractivity contribution in [1.29, 1.82) is 0 Å². The maximum Gasteiger partial charge on any atom is 0.338 e. The normalized spacial score (nSPS) is 12.8. The number of carbonyl (C=O) groups is 3. The van der Waals surface area contributed by atoms with Crippen LogP contribution in [0.5, 0.6) is 0 Å². The summed E-state index contributed by atoms with van der Waals surface area (Å²) in [6.07, 6.45) is 0.172. The quantitative estimate of drug-likeness (QED) is 0.402. The van der Waals surface area contributed by atoms with Gasteiger partial charge in [0.05, 0.1) is 18.8 Å². The number of hydrogen-bond donors (Lipinski definition) is 0. The number of hydrogen-bond acceptors (Lipinski definition) is 6. The van der Waals surface area contributed by atoms with Gasteiger partial charge >= 0.3 is 17.9 Å². The molecule has 20 heavy (non-hydrogen) atoms. The molecule has 0 saturated heterocycles. The molecule has 0 radical (unpaired) electrons. The lowest BCUT2D eigenvalue weighted by molar-refractivity contribution is -0.150. The topological polar surface area (TPSA) is 78.9 Å². The summed E-state index contributed by atoms with van der Waals surface area (Å²) in [7, 11) is 0. The maximum absolute atomic E-state index is 11.9. The van der Waals surface area contributed by atoms with E-state index in [1.165, 1.54) is 6.92 Å². The zero-order valence-electron chi connectivity index (χ0n) is 12.6. The summed E-state index contributed by atoms with van der Waals surface area (Å²) in [5.41, 5.74) is -0.0181. The number of rotatable bonds is 7. The van der Waals surface area contributed by atoms with Crippen molar-refractivity contribution < 1.29 is 28.6 Å². The van der Waals surface area contributed by atoms with Crippen LogP contribution in [0.4, 0.5) is 0 Å². The molecule has 0 aliphatic rings. The minimum atomic E-state index is -0.851. The van der Waals surface area contributed by atoms with Gasteiger partial charge in [0.25, 0.3) is 0 Å². The molecule has 0 aromatic carbocycles. The van der Waals surface area contributed by atoms with Crippen LogP contribution in [0.3, 0.4) is 0 Å². The molecule has 114 valence electrons. The van der Waals surface area contributed by atoms with Gasteiger partial charge in [0.1, 0.15) is 6.10 Å². The van der Waals surface area contributed by atoms with Crippen LogP contribution >= 0.6 is 0 Å². The Morgan fingerprint density at radius 3 is 2.00 bits per heavy atom. The summed E-state index contributed by atoms with van der Waals surface area (Å²) < 4.78 is 14.8. The van der Waals surface area contributed by atoms with Gasteiger partial charge in [-0.25, -0.2) is 9.59 Å². The van der Waals surface area contributed by atoms with Crippen LogP contribution in [-0.4, -0.2) is 37.2 Å². The zero-order valence-corrected chi connectivity index (χ0v) is 12.6. The zero-order chi connectivity index (χ0) is 15.7. The summed E-state index contributed by atoms with van der Waals surface area (Å²) in [6, 6.07) is 0. The molecule has 0 aromatic heterocycles. The Morgan fingerprint density at radius 2 is 1.60 bits per heavy atom. The first-order valence-corrected chi connectivity index (χ1v) is 6.56. The lowest BCUT2D eigenvalue weighted by atomic mass is 9.98. The van der Waals surface area contributed by atoms with E-state index in [-0.39, 0.29) is 24.7 Å². The number of carbonyl (C=O) groups excluding carboxylic acids is 3. The fraction of sp³-hybridized carbons (Fsp3) is 0.643. The first-order valence-electron chi connectivity index (χ1n) is 6.56. The SMILES string of the molecule is CCOC(=O)/C=C(\C(=O)OCC)C(OC(C)=O)C(C)C. The van der Waals surface area contributed by atoms with Gasteiger partial charge in [-0.3, -0.25) is 4.79 Å². The second-order valence-electron chi connectivity index (χ2n) is 4.35. The summed E-state index contributed by atoms with van der Waals surface area (Å²) in [6.45, 7) is 8.42. The van der Waals surface area contributed by atoms with Gasteiger partial charge < -0.3 is 14.2 Å². The Kier molecular flexibility index (Phi) is 8.27. The van der Waals surface area contributed by atoms with Crippen LogP contribution in [-0.2, 0) is 28.6 Å². The van der Waals surface area contributed by atoms with E-state index >= 15 is 0 Å². The first kappa shape index (κ1) is 18.1. The van der Waals surface area contributed by atoms with Gasteiger partial charge in [-0.15, -0.1) is 0 Å². The molecule has 0 fully saturated rings. The van der Waals surface area contributed by atoms with Crippen molar-refractivity contribution in [1.82, 2.24) is 0 Å². The summed E-state index contributed by atoms with van der Waals surface area (Å²) in [4.78, 5) is 34.6. The standard InChI is InChI=1S/C14H22O6/c1-6-18-12(16)8-11(14(17)19-7-2)13(9(3)4)20-10(5)15/h8-9,13H,6-7H2,1-5H3/b11-8-. The van der Waals surface area contributed by atoms with E-state index in [0.29, 0.717) is 0 Å². The molecule has 0 N–H and O–H groups in total. The number of ether oxygens (including phenoxy) is 3. The van der Waals surface area contributed by atoms with Crippen molar-refractivity contribution in [2.45, 2.75) is 40.7 Å². The molecule has 1 unspecified atom stereocenters. The summed E-state index contributed by atoms with van der Waals surface area (Å²) >= 11 is 0. The Bertz CT molecular complexity index is 383. The van der Waals surface area contributed by atoms with Crippen LogP contribution in [0.1, 0.15) is 34.6 Å². The molecule has 6 nitrogen and oxygen atoms in total. The molecule has 6 heteroatoms. The minimum absolute atomic E-state index is 0.0181. The van der Waals surface area contributed by atoms with E-state index in [2.05, 4.69) is 0 Å². The predicted octanol–water partition coefficient (Wildman–Crippen LogP) is 1.63. The molecule has 1 atom stereocenters. The molecule has 0 rings (SSSR count). The highest BCUT2D eigenvalue weighted by atomic mass is 16.6. The highest BCUT2D eigenvalue weighted by Crippen LogP contribution is 2.18. The average molecular weight is 286 g/mol. The van der Waals surface area contributed by atoms with Gasteiger partial charge in [-0.05, 0) is 19.8 Å². The van der Waals surface area contributed by atoms with E-state index in [1.54, 1.807) is 27.7 Å². The predicted molar refractivity (Wildman–Crippen MR) is 71.7 cm³/mol. The average Bonchev–Trinajstić information content (AvgIpc) is 2.33. The van der Waals surface area contributed by atoms with E-state index in [0.717, 1.165) is 6.08 Å². The highest BCUT2D eigenvalue weighted by molar-refractivity contribution is 5.97. The van der Waals surface area contributed by atoms with Gasteiger partial charge in [0.15, 0.2) is 0 Å². The second kappa shape index (κ2) is 9.12. The van der Waals surface area contributed by atoms with Gasteiger partial charge in [-0.1, -0.05) is 13.8 Å². The van der Waals surface area contributed by atoms with Crippen molar-refractivity contribution in [3.8, 4) is 0 Å².